The summed E-state index contributed by atoms with van der Waals surface area (Å²) in [5, 5.41) is 3.80. The molecular formula is C12H14ClN3O. The molecule has 0 saturated heterocycles. The minimum absolute atomic E-state index is 0.00355. The number of benzene rings is 1. The molecule has 0 amide bonds. The average molecular weight is 252 g/mol. The number of ether oxygens (including phenoxy) is 1. The van der Waals surface area contributed by atoms with Crippen LogP contribution in [0.2, 0.25) is 5.02 Å². The van der Waals surface area contributed by atoms with Gasteiger partial charge in [-0.05, 0) is 24.7 Å². The van der Waals surface area contributed by atoms with Gasteiger partial charge in [-0.25, -0.2) is 4.98 Å². The second kappa shape index (κ2) is 5.21. The molecule has 0 radical (unpaired) electrons. The van der Waals surface area contributed by atoms with E-state index >= 15 is 0 Å². The fraction of sp³-hybridized carbons (Fsp3) is 0.250. The predicted molar refractivity (Wildman–Crippen MR) is 67.5 cm³/mol. The van der Waals surface area contributed by atoms with Crippen molar-refractivity contribution in [1.29, 1.82) is 0 Å². The first-order valence-electron chi connectivity index (χ1n) is 5.26. The molecule has 2 N–H and O–H groups in total. The molecule has 1 heterocycles. The summed E-state index contributed by atoms with van der Waals surface area (Å²) in [4.78, 5) is 7.34. The SMILES string of the molecule is CNC(c1ccc(Cl)c(OC)c1)c1ncc[nH]1. The Morgan fingerprint density at radius 2 is 2.29 bits per heavy atom. The molecule has 1 aromatic carbocycles. The van der Waals surface area contributed by atoms with Crippen LogP contribution in [0, 0.1) is 0 Å². The summed E-state index contributed by atoms with van der Waals surface area (Å²) in [5.41, 5.74) is 1.05. The number of nitrogens with zero attached hydrogens (tertiary/aromatic N) is 1. The van der Waals surface area contributed by atoms with Crippen LogP contribution < -0.4 is 10.1 Å². The summed E-state index contributed by atoms with van der Waals surface area (Å²) < 4.78 is 5.21. The molecule has 0 aliphatic carbocycles. The Kier molecular flexibility index (Phi) is 3.66. The van der Waals surface area contributed by atoms with Gasteiger partial charge in [0.25, 0.3) is 0 Å². The zero-order valence-corrected chi connectivity index (χ0v) is 10.5. The van der Waals surface area contributed by atoms with Crippen molar-refractivity contribution in [2.24, 2.45) is 0 Å². The van der Waals surface area contributed by atoms with E-state index in [1.54, 1.807) is 19.5 Å². The fourth-order valence-corrected chi connectivity index (χ4v) is 1.95. The molecule has 0 aliphatic heterocycles. The van der Waals surface area contributed by atoms with Crippen LogP contribution in [0.15, 0.2) is 30.6 Å². The van der Waals surface area contributed by atoms with Crippen LogP contribution in [-0.4, -0.2) is 24.1 Å². The Bertz CT molecular complexity index is 485. The molecule has 0 fully saturated rings. The van der Waals surface area contributed by atoms with E-state index in [2.05, 4.69) is 15.3 Å². The molecule has 0 spiro atoms. The number of imidazole rings is 1. The Morgan fingerprint density at radius 3 is 2.88 bits per heavy atom. The van der Waals surface area contributed by atoms with Crippen molar-refractivity contribution in [2.45, 2.75) is 6.04 Å². The van der Waals surface area contributed by atoms with Crippen LogP contribution in [0.4, 0.5) is 0 Å². The van der Waals surface area contributed by atoms with Crippen LogP contribution in [-0.2, 0) is 0 Å². The maximum Gasteiger partial charge on any atom is 0.137 e. The van der Waals surface area contributed by atoms with E-state index in [0.29, 0.717) is 10.8 Å². The number of hydrogen-bond donors (Lipinski definition) is 2. The number of rotatable bonds is 4. The van der Waals surface area contributed by atoms with E-state index in [-0.39, 0.29) is 6.04 Å². The molecule has 5 heteroatoms. The van der Waals surface area contributed by atoms with E-state index in [0.717, 1.165) is 11.4 Å². The van der Waals surface area contributed by atoms with Gasteiger partial charge < -0.3 is 15.0 Å². The fourth-order valence-electron chi connectivity index (χ4n) is 1.75. The first kappa shape index (κ1) is 12.0. The van der Waals surface area contributed by atoms with Gasteiger partial charge >= 0.3 is 0 Å². The van der Waals surface area contributed by atoms with Gasteiger partial charge in [-0.3, -0.25) is 0 Å². The zero-order valence-electron chi connectivity index (χ0n) is 9.70. The molecule has 17 heavy (non-hydrogen) atoms. The van der Waals surface area contributed by atoms with Crippen LogP contribution in [0.25, 0.3) is 0 Å². The maximum absolute atomic E-state index is 6.00. The molecular weight excluding hydrogens is 238 g/mol. The number of hydrogen-bond acceptors (Lipinski definition) is 3. The Hall–Kier alpha value is -1.52. The lowest BCUT2D eigenvalue weighted by molar-refractivity contribution is 0.414. The van der Waals surface area contributed by atoms with Gasteiger partial charge in [0, 0.05) is 12.4 Å². The molecule has 0 saturated carbocycles. The Labute approximate surface area is 105 Å². The smallest absolute Gasteiger partial charge is 0.137 e. The lowest BCUT2D eigenvalue weighted by Gasteiger charge is -2.15. The molecule has 0 aliphatic rings. The van der Waals surface area contributed by atoms with E-state index < -0.39 is 0 Å². The highest BCUT2D eigenvalue weighted by Gasteiger charge is 2.15. The molecule has 1 atom stereocenters. The van der Waals surface area contributed by atoms with E-state index in [4.69, 9.17) is 16.3 Å². The number of nitrogens with one attached hydrogen (secondary N) is 2. The molecule has 2 aromatic rings. The highest BCUT2D eigenvalue weighted by atomic mass is 35.5. The lowest BCUT2D eigenvalue weighted by atomic mass is 10.1. The number of halogens is 1. The average Bonchev–Trinajstić information content (AvgIpc) is 2.86. The van der Waals surface area contributed by atoms with Crippen molar-refractivity contribution in [2.75, 3.05) is 14.2 Å². The van der Waals surface area contributed by atoms with Crippen molar-refractivity contribution in [3.63, 3.8) is 0 Å². The monoisotopic (exact) mass is 251 g/mol. The zero-order chi connectivity index (χ0) is 12.3. The van der Waals surface area contributed by atoms with Gasteiger partial charge in [0.05, 0.1) is 18.2 Å². The van der Waals surface area contributed by atoms with Crippen molar-refractivity contribution in [1.82, 2.24) is 15.3 Å². The first-order valence-corrected chi connectivity index (χ1v) is 5.64. The first-order chi connectivity index (χ1) is 8.26. The van der Waals surface area contributed by atoms with Gasteiger partial charge in [-0.15, -0.1) is 0 Å². The Balaban J connectivity index is 2.38. The van der Waals surface area contributed by atoms with E-state index in [1.165, 1.54) is 0 Å². The van der Waals surface area contributed by atoms with Crippen LogP contribution in [0.1, 0.15) is 17.4 Å². The van der Waals surface area contributed by atoms with Crippen LogP contribution in [0.3, 0.4) is 0 Å². The van der Waals surface area contributed by atoms with Crippen molar-refractivity contribution < 1.29 is 4.74 Å². The number of aromatic nitrogens is 2. The number of aromatic amines is 1. The maximum atomic E-state index is 6.00. The van der Waals surface area contributed by atoms with Crippen molar-refractivity contribution >= 4 is 11.6 Å². The number of H-pyrrole nitrogens is 1. The predicted octanol–water partition coefficient (Wildman–Crippen LogP) is 2.38. The van der Waals surface area contributed by atoms with Gasteiger partial charge in [0.2, 0.25) is 0 Å². The summed E-state index contributed by atoms with van der Waals surface area (Å²) >= 11 is 6.00. The minimum atomic E-state index is -0.00355. The van der Waals surface area contributed by atoms with Gasteiger partial charge in [-0.1, -0.05) is 17.7 Å². The summed E-state index contributed by atoms with van der Waals surface area (Å²) in [6.07, 6.45) is 3.53. The molecule has 4 nitrogen and oxygen atoms in total. The standard InChI is InChI=1S/C12H14ClN3O/c1-14-11(12-15-5-6-16-12)8-3-4-9(13)10(7-8)17-2/h3-7,11,14H,1-2H3,(H,15,16). The molecule has 2 rings (SSSR count). The highest BCUT2D eigenvalue weighted by molar-refractivity contribution is 6.32. The lowest BCUT2D eigenvalue weighted by Crippen LogP contribution is -2.19. The summed E-state index contributed by atoms with van der Waals surface area (Å²) in [6, 6.07) is 5.68. The largest absolute Gasteiger partial charge is 0.495 e. The van der Waals surface area contributed by atoms with Crippen LogP contribution in [0.5, 0.6) is 5.75 Å². The third-order valence-corrected chi connectivity index (χ3v) is 2.90. The van der Waals surface area contributed by atoms with Gasteiger partial charge in [-0.2, -0.15) is 0 Å². The van der Waals surface area contributed by atoms with Gasteiger partial charge in [0.15, 0.2) is 0 Å². The van der Waals surface area contributed by atoms with Crippen molar-refractivity contribution in [3.05, 3.63) is 47.0 Å². The van der Waals surface area contributed by atoms with Crippen LogP contribution >= 0.6 is 11.6 Å². The van der Waals surface area contributed by atoms with E-state index in [9.17, 15) is 0 Å². The normalized spacial score (nSPS) is 12.4. The minimum Gasteiger partial charge on any atom is -0.495 e. The number of methoxy groups -OCH3 is 1. The Morgan fingerprint density at radius 1 is 1.47 bits per heavy atom. The second-order valence-corrected chi connectivity index (χ2v) is 4.00. The third kappa shape index (κ3) is 2.43. The topological polar surface area (TPSA) is 49.9 Å². The molecule has 1 aromatic heterocycles. The molecule has 90 valence electrons. The summed E-state index contributed by atoms with van der Waals surface area (Å²) in [7, 11) is 3.49. The van der Waals surface area contributed by atoms with Gasteiger partial charge in [0.1, 0.15) is 11.6 Å². The molecule has 0 bridgehead atoms. The highest BCUT2D eigenvalue weighted by Crippen LogP contribution is 2.29. The summed E-state index contributed by atoms with van der Waals surface area (Å²) in [6.45, 7) is 0. The molecule has 1 unspecified atom stereocenters. The summed E-state index contributed by atoms with van der Waals surface area (Å²) in [5.74, 6) is 1.52. The van der Waals surface area contributed by atoms with Crippen molar-refractivity contribution in [3.8, 4) is 5.75 Å². The quantitative estimate of drug-likeness (QED) is 0.877. The second-order valence-electron chi connectivity index (χ2n) is 3.59. The van der Waals surface area contributed by atoms with E-state index in [1.807, 2.05) is 25.2 Å². The third-order valence-electron chi connectivity index (χ3n) is 2.59.